The normalized spacial score (nSPS) is 11.5. The Morgan fingerprint density at radius 2 is 1.83 bits per heavy atom. The third kappa shape index (κ3) is 3.68. The van der Waals surface area contributed by atoms with E-state index in [0.29, 0.717) is 28.8 Å². The van der Waals surface area contributed by atoms with E-state index in [9.17, 15) is 13.2 Å². The van der Waals surface area contributed by atoms with Crippen molar-refractivity contribution in [3.63, 3.8) is 0 Å². The van der Waals surface area contributed by atoms with Crippen LogP contribution in [0.5, 0.6) is 0 Å². The summed E-state index contributed by atoms with van der Waals surface area (Å²) in [5.41, 5.74) is 1.39. The first-order valence-electron chi connectivity index (χ1n) is 7.00. The summed E-state index contributed by atoms with van der Waals surface area (Å²) in [6.45, 7) is 0.403. The first kappa shape index (κ1) is 16.3. The van der Waals surface area contributed by atoms with E-state index in [1.165, 1.54) is 12.1 Å². The molecule has 0 aliphatic rings. The van der Waals surface area contributed by atoms with Gasteiger partial charge in [-0.3, -0.25) is 5.10 Å². The number of H-pyrrole nitrogens is 1. The number of aromatic nitrogens is 3. The minimum atomic E-state index is -4.35. The maximum absolute atomic E-state index is 12.6. The van der Waals surface area contributed by atoms with Gasteiger partial charge in [0.1, 0.15) is 11.0 Å². The number of nitrogens with zero attached hydrogens (tertiary/aromatic N) is 2. The summed E-state index contributed by atoms with van der Waals surface area (Å²) in [6, 6.07) is 10.1. The Bertz CT molecular complexity index is 828. The zero-order valence-corrected chi connectivity index (χ0v) is 13.0. The van der Waals surface area contributed by atoms with Gasteiger partial charge in [0.25, 0.3) is 0 Å². The minimum Gasteiger partial charge on any atom is -0.366 e. The van der Waals surface area contributed by atoms with Crippen molar-refractivity contribution in [3.8, 4) is 11.3 Å². The predicted octanol–water partition coefficient (Wildman–Crippen LogP) is 4.76. The molecule has 2 heterocycles. The lowest BCUT2D eigenvalue weighted by atomic mass is 10.1. The van der Waals surface area contributed by atoms with Crippen LogP contribution in [-0.4, -0.2) is 15.2 Å². The highest BCUT2D eigenvalue weighted by Gasteiger charge is 2.30. The van der Waals surface area contributed by atoms with E-state index in [-0.39, 0.29) is 0 Å². The molecule has 0 bridgehead atoms. The fourth-order valence-corrected chi connectivity index (χ4v) is 2.38. The summed E-state index contributed by atoms with van der Waals surface area (Å²) < 4.78 is 37.9. The average Bonchev–Trinajstić information content (AvgIpc) is 3.01. The van der Waals surface area contributed by atoms with Crippen LogP contribution in [0.2, 0.25) is 5.15 Å². The summed E-state index contributed by atoms with van der Waals surface area (Å²) in [6.07, 6.45) is -2.74. The van der Waals surface area contributed by atoms with Gasteiger partial charge in [-0.1, -0.05) is 29.8 Å². The van der Waals surface area contributed by atoms with Gasteiger partial charge in [0, 0.05) is 12.1 Å². The van der Waals surface area contributed by atoms with Crippen LogP contribution in [0.25, 0.3) is 11.3 Å². The van der Waals surface area contributed by atoms with Crippen LogP contribution in [0, 0.1) is 0 Å². The standard InChI is InChI=1S/C16H12ClF3N4/c17-13-2-1-3-14(23-13)21-8-11-9-22-24-15(11)10-4-6-12(7-5-10)16(18,19)20/h1-7,9H,8H2,(H,21,23)(H,22,24). The number of nitrogens with one attached hydrogen (secondary N) is 2. The number of aromatic amines is 1. The summed E-state index contributed by atoms with van der Waals surface area (Å²) >= 11 is 5.82. The second-order valence-corrected chi connectivity index (χ2v) is 5.43. The number of anilines is 1. The van der Waals surface area contributed by atoms with Crippen molar-refractivity contribution < 1.29 is 13.2 Å². The number of halogens is 4. The molecule has 0 fully saturated rings. The molecule has 124 valence electrons. The van der Waals surface area contributed by atoms with Gasteiger partial charge in [-0.05, 0) is 29.8 Å². The van der Waals surface area contributed by atoms with Crippen LogP contribution < -0.4 is 5.32 Å². The molecule has 3 rings (SSSR count). The molecule has 0 saturated carbocycles. The average molecular weight is 353 g/mol. The van der Waals surface area contributed by atoms with E-state index in [0.717, 1.165) is 17.7 Å². The molecule has 3 aromatic rings. The molecular formula is C16H12ClF3N4. The largest absolute Gasteiger partial charge is 0.416 e. The monoisotopic (exact) mass is 352 g/mol. The van der Waals surface area contributed by atoms with Gasteiger partial charge in [-0.25, -0.2) is 4.98 Å². The summed E-state index contributed by atoms with van der Waals surface area (Å²) in [4.78, 5) is 4.11. The quantitative estimate of drug-likeness (QED) is 0.666. The van der Waals surface area contributed by atoms with Gasteiger partial charge in [0.15, 0.2) is 0 Å². The lowest BCUT2D eigenvalue weighted by Crippen LogP contribution is -2.04. The van der Waals surface area contributed by atoms with Gasteiger partial charge >= 0.3 is 6.18 Å². The van der Waals surface area contributed by atoms with Gasteiger partial charge in [-0.15, -0.1) is 0 Å². The Balaban J connectivity index is 1.78. The number of rotatable bonds is 4. The van der Waals surface area contributed by atoms with Crippen molar-refractivity contribution in [2.75, 3.05) is 5.32 Å². The van der Waals surface area contributed by atoms with Gasteiger partial charge in [-0.2, -0.15) is 18.3 Å². The first-order valence-corrected chi connectivity index (χ1v) is 7.37. The minimum absolute atomic E-state index is 0.371. The van der Waals surface area contributed by atoms with Gasteiger partial charge in [0.2, 0.25) is 0 Å². The summed E-state index contributed by atoms with van der Waals surface area (Å²) in [5.74, 6) is 0.599. The third-order valence-corrected chi connectivity index (χ3v) is 3.60. The van der Waals surface area contributed by atoms with Crippen LogP contribution in [0.1, 0.15) is 11.1 Å². The molecule has 0 unspecified atom stereocenters. The Morgan fingerprint density at radius 1 is 1.08 bits per heavy atom. The molecule has 0 radical (unpaired) electrons. The number of hydrogen-bond donors (Lipinski definition) is 2. The Labute approximate surface area is 140 Å². The molecule has 8 heteroatoms. The predicted molar refractivity (Wildman–Crippen MR) is 85.6 cm³/mol. The van der Waals surface area contributed by atoms with E-state index in [4.69, 9.17) is 11.6 Å². The molecular weight excluding hydrogens is 341 g/mol. The molecule has 0 saturated heterocycles. The van der Waals surface area contributed by atoms with Crippen LogP contribution in [-0.2, 0) is 12.7 Å². The fourth-order valence-electron chi connectivity index (χ4n) is 2.21. The highest BCUT2D eigenvalue weighted by atomic mass is 35.5. The SMILES string of the molecule is FC(F)(F)c1ccc(-c2[nH]ncc2CNc2cccc(Cl)n2)cc1. The zero-order chi connectivity index (χ0) is 17.2. The summed E-state index contributed by atoms with van der Waals surface area (Å²) in [5, 5.41) is 10.2. The van der Waals surface area contributed by atoms with Crippen molar-refractivity contribution in [3.05, 3.63) is 64.9 Å². The molecule has 1 aromatic carbocycles. The number of benzene rings is 1. The Morgan fingerprint density at radius 3 is 2.50 bits per heavy atom. The van der Waals surface area contributed by atoms with Crippen molar-refractivity contribution in [2.24, 2.45) is 0 Å². The maximum Gasteiger partial charge on any atom is 0.416 e. The first-order chi connectivity index (χ1) is 11.4. The molecule has 24 heavy (non-hydrogen) atoms. The highest BCUT2D eigenvalue weighted by molar-refractivity contribution is 6.29. The Kier molecular flexibility index (Phi) is 4.44. The van der Waals surface area contributed by atoms with Crippen LogP contribution >= 0.6 is 11.6 Å². The maximum atomic E-state index is 12.6. The van der Waals surface area contributed by atoms with Crippen molar-refractivity contribution in [1.82, 2.24) is 15.2 Å². The topological polar surface area (TPSA) is 53.6 Å². The molecule has 0 amide bonds. The van der Waals surface area contributed by atoms with E-state index in [1.54, 1.807) is 24.4 Å². The van der Waals surface area contributed by atoms with Crippen molar-refractivity contribution >= 4 is 17.4 Å². The number of alkyl halides is 3. The van der Waals surface area contributed by atoms with Gasteiger partial charge < -0.3 is 5.32 Å². The van der Waals surface area contributed by atoms with Crippen molar-refractivity contribution in [2.45, 2.75) is 12.7 Å². The lowest BCUT2D eigenvalue weighted by Gasteiger charge is -2.09. The number of pyridine rings is 1. The fraction of sp³-hybridized carbons (Fsp3) is 0.125. The van der Waals surface area contributed by atoms with E-state index < -0.39 is 11.7 Å². The third-order valence-electron chi connectivity index (χ3n) is 3.39. The molecule has 0 atom stereocenters. The molecule has 0 aliphatic heterocycles. The summed E-state index contributed by atoms with van der Waals surface area (Å²) in [7, 11) is 0. The lowest BCUT2D eigenvalue weighted by molar-refractivity contribution is -0.137. The van der Waals surface area contributed by atoms with Crippen LogP contribution in [0.3, 0.4) is 0 Å². The van der Waals surface area contributed by atoms with Gasteiger partial charge in [0.05, 0.1) is 17.5 Å². The zero-order valence-electron chi connectivity index (χ0n) is 12.2. The van der Waals surface area contributed by atoms with E-state index in [1.807, 2.05) is 0 Å². The smallest absolute Gasteiger partial charge is 0.366 e. The second kappa shape index (κ2) is 6.52. The number of hydrogen-bond acceptors (Lipinski definition) is 3. The molecule has 2 aromatic heterocycles. The molecule has 0 spiro atoms. The highest BCUT2D eigenvalue weighted by Crippen LogP contribution is 2.31. The molecule has 0 aliphatic carbocycles. The molecule has 2 N–H and O–H groups in total. The molecule has 4 nitrogen and oxygen atoms in total. The van der Waals surface area contributed by atoms with Crippen LogP contribution in [0.4, 0.5) is 19.0 Å². The van der Waals surface area contributed by atoms with Crippen LogP contribution in [0.15, 0.2) is 48.7 Å². The van der Waals surface area contributed by atoms with Crippen molar-refractivity contribution in [1.29, 1.82) is 0 Å². The van der Waals surface area contributed by atoms with E-state index in [2.05, 4.69) is 20.5 Å². The second-order valence-electron chi connectivity index (χ2n) is 5.04. The van der Waals surface area contributed by atoms with E-state index >= 15 is 0 Å². The Hall–Kier alpha value is -2.54.